The fourth-order valence-electron chi connectivity index (χ4n) is 4.39. The Morgan fingerprint density at radius 3 is 1.50 bits per heavy atom. The molecule has 0 fully saturated rings. The van der Waals surface area contributed by atoms with Crippen LogP contribution in [0.2, 0.25) is 0 Å². The molecule has 0 aliphatic rings. The third kappa shape index (κ3) is 5.90. The van der Waals surface area contributed by atoms with Gasteiger partial charge in [-0.1, -0.05) is 49.7 Å². The summed E-state index contributed by atoms with van der Waals surface area (Å²) in [7, 11) is 0. The normalized spacial score (nSPS) is 11.7. The number of halogens is 8. The number of alkyl halides is 3. The van der Waals surface area contributed by atoms with Gasteiger partial charge in [0, 0.05) is 5.56 Å². The molecule has 0 aromatic heterocycles. The smallest absolute Gasteiger partial charge is 0.206 e. The average Bonchev–Trinajstić information content (AvgIpc) is 2.82. The highest BCUT2D eigenvalue weighted by molar-refractivity contribution is 5.72. The molecule has 0 spiro atoms. The molecular formula is C30H22F8. The van der Waals surface area contributed by atoms with Gasteiger partial charge >= 0.3 is 6.18 Å². The summed E-state index contributed by atoms with van der Waals surface area (Å²) >= 11 is 0. The van der Waals surface area contributed by atoms with Crippen molar-refractivity contribution in [3.05, 3.63) is 118 Å². The van der Waals surface area contributed by atoms with Gasteiger partial charge in [-0.25, -0.2) is 22.0 Å². The standard InChI is InChI=1S/C30H22F8/c1-2-3-17-4-6-18(7-5-17)8-9-19-10-11-22(23(31)12-19)20-13-24(32)28(25(33)14-20)21-15-26(34)29(27(35)16-21)30(36,37)38/h4-7,10-16H,2-3,8-9H2,1H3. The van der Waals surface area contributed by atoms with Crippen LogP contribution in [0.4, 0.5) is 35.1 Å². The predicted molar refractivity (Wildman–Crippen MR) is 130 cm³/mol. The van der Waals surface area contributed by atoms with Gasteiger partial charge in [0.15, 0.2) is 0 Å². The minimum absolute atomic E-state index is 0.105. The van der Waals surface area contributed by atoms with E-state index in [1.165, 1.54) is 17.7 Å². The molecule has 0 heterocycles. The molecule has 38 heavy (non-hydrogen) atoms. The van der Waals surface area contributed by atoms with Crippen LogP contribution in [0.3, 0.4) is 0 Å². The topological polar surface area (TPSA) is 0 Å². The lowest BCUT2D eigenvalue weighted by atomic mass is 9.96. The van der Waals surface area contributed by atoms with Gasteiger partial charge < -0.3 is 0 Å². The molecule has 4 aromatic rings. The number of benzene rings is 4. The zero-order valence-corrected chi connectivity index (χ0v) is 20.2. The van der Waals surface area contributed by atoms with E-state index in [0.717, 1.165) is 30.5 Å². The molecule has 0 radical (unpaired) electrons. The van der Waals surface area contributed by atoms with Crippen molar-refractivity contribution in [3.8, 4) is 22.3 Å². The summed E-state index contributed by atoms with van der Waals surface area (Å²) in [6, 6.07) is 14.4. The summed E-state index contributed by atoms with van der Waals surface area (Å²) in [6.45, 7) is 2.10. The van der Waals surface area contributed by atoms with Crippen LogP contribution in [0.1, 0.15) is 35.6 Å². The van der Waals surface area contributed by atoms with Crippen LogP contribution in [0.5, 0.6) is 0 Å². The van der Waals surface area contributed by atoms with E-state index in [0.29, 0.717) is 18.4 Å². The molecule has 0 atom stereocenters. The second-order valence-electron chi connectivity index (χ2n) is 9.01. The maximum absolute atomic E-state index is 14.9. The van der Waals surface area contributed by atoms with Crippen molar-refractivity contribution in [3.63, 3.8) is 0 Å². The van der Waals surface area contributed by atoms with Crippen molar-refractivity contribution in [1.82, 2.24) is 0 Å². The van der Waals surface area contributed by atoms with Crippen molar-refractivity contribution in [2.45, 2.75) is 38.8 Å². The van der Waals surface area contributed by atoms with Crippen LogP contribution in [-0.2, 0) is 25.4 Å². The molecule has 8 heteroatoms. The molecule has 0 aliphatic heterocycles. The highest BCUT2D eigenvalue weighted by Gasteiger charge is 2.38. The van der Waals surface area contributed by atoms with Gasteiger partial charge in [-0.3, -0.25) is 0 Å². The number of hydrogen-bond donors (Lipinski definition) is 0. The fraction of sp³-hybridized carbons (Fsp3) is 0.200. The third-order valence-electron chi connectivity index (χ3n) is 6.26. The minimum atomic E-state index is -5.32. The molecule has 0 bridgehead atoms. The number of rotatable bonds is 7. The van der Waals surface area contributed by atoms with E-state index in [4.69, 9.17) is 0 Å². The second kappa shape index (κ2) is 11.0. The van der Waals surface area contributed by atoms with Gasteiger partial charge in [0.05, 0.1) is 5.56 Å². The summed E-state index contributed by atoms with van der Waals surface area (Å²) in [5.41, 5.74) is -1.11. The quantitative estimate of drug-likeness (QED) is 0.207. The number of aryl methyl sites for hydroxylation is 3. The Morgan fingerprint density at radius 1 is 0.526 bits per heavy atom. The zero-order chi connectivity index (χ0) is 27.6. The van der Waals surface area contributed by atoms with Crippen LogP contribution >= 0.6 is 0 Å². The molecule has 0 unspecified atom stereocenters. The van der Waals surface area contributed by atoms with Crippen molar-refractivity contribution < 1.29 is 35.1 Å². The van der Waals surface area contributed by atoms with Crippen molar-refractivity contribution >= 4 is 0 Å². The van der Waals surface area contributed by atoms with E-state index < -0.39 is 52.0 Å². The van der Waals surface area contributed by atoms with Crippen LogP contribution in [0.15, 0.2) is 66.7 Å². The largest absolute Gasteiger partial charge is 0.422 e. The van der Waals surface area contributed by atoms with Crippen LogP contribution in [0, 0.1) is 29.1 Å². The van der Waals surface area contributed by atoms with Crippen molar-refractivity contribution in [2.24, 2.45) is 0 Å². The van der Waals surface area contributed by atoms with Crippen LogP contribution < -0.4 is 0 Å². The third-order valence-corrected chi connectivity index (χ3v) is 6.26. The Labute approximate surface area is 214 Å². The van der Waals surface area contributed by atoms with Gasteiger partial charge in [-0.15, -0.1) is 0 Å². The first-order valence-corrected chi connectivity index (χ1v) is 11.9. The molecular weight excluding hydrogens is 512 g/mol. The Hall–Kier alpha value is -3.68. The Balaban J connectivity index is 1.57. The zero-order valence-electron chi connectivity index (χ0n) is 20.2. The molecule has 0 nitrogen and oxygen atoms in total. The maximum Gasteiger partial charge on any atom is 0.422 e. The number of hydrogen-bond acceptors (Lipinski definition) is 0. The lowest BCUT2D eigenvalue weighted by Crippen LogP contribution is -2.11. The Morgan fingerprint density at radius 2 is 1.00 bits per heavy atom. The SMILES string of the molecule is CCCc1ccc(CCc2ccc(-c3cc(F)c(-c4cc(F)c(C(F)(F)F)c(F)c4)c(F)c3)c(F)c2)cc1. The summed E-state index contributed by atoms with van der Waals surface area (Å²) in [5.74, 6) is -7.36. The average molecular weight is 534 g/mol. The van der Waals surface area contributed by atoms with Gasteiger partial charge in [0.25, 0.3) is 0 Å². The van der Waals surface area contributed by atoms with E-state index in [1.807, 2.05) is 12.1 Å². The van der Waals surface area contributed by atoms with E-state index in [-0.39, 0.29) is 23.3 Å². The van der Waals surface area contributed by atoms with E-state index >= 15 is 0 Å². The Bertz CT molecular complexity index is 1410. The molecule has 0 saturated heterocycles. The highest BCUT2D eigenvalue weighted by atomic mass is 19.4. The summed E-state index contributed by atoms with van der Waals surface area (Å²) < 4.78 is 111. The van der Waals surface area contributed by atoms with Gasteiger partial charge in [-0.2, -0.15) is 13.2 Å². The fourth-order valence-corrected chi connectivity index (χ4v) is 4.39. The first kappa shape index (κ1) is 27.4. The van der Waals surface area contributed by atoms with Crippen LogP contribution in [-0.4, -0.2) is 0 Å². The molecule has 0 saturated carbocycles. The minimum Gasteiger partial charge on any atom is -0.206 e. The second-order valence-corrected chi connectivity index (χ2v) is 9.01. The van der Waals surface area contributed by atoms with E-state index in [1.54, 1.807) is 6.07 Å². The lowest BCUT2D eigenvalue weighted by molar-refractivity contribution is -0.142. The highest BCUT2D eigenvalue weighted by Crippen LogP contribution is 2.38. The summed E-state index contributed by atoms with van der Waals surface area (Å²) in [6.07, 6.45) is -2.07. The van der Waals surface area contributed by atoms with E-state index in [2.05, 4.69) is 19.1 Å². The van der Waals surface area contributed by atoms with Gasteiger partial charge in [0.2, 0.25) is 0 Å². The predicted octanol–water partition coefficient (Wildman–Crippen LogP) is 9.47. The van der Waals surface area contributed by atoms with Crippen molar-refractivity contribution in [1.29, 1.82) is 0 Å². The molecule has 0 aliphatic carbocycles. The van der Waals surface area contributed by atoms with Crippen LogP contribution in [0.25, 0.3) is 22.3 Å². The van der Waals surface area contributed by atoms with Gasteiger partial charge in [-0.05, 0) is 77.4 Å². The molecule has 198 valence electrons. The molecule has 4 rings (SSSR count). The maximum atomic E-state index is 14.9. The summed E-state index contributed by atoms with van der Waals surface area (Å²) in [5, 5.41) is 0. The van der Waals surface area contributed by atoms with E-state index in [9.17, 15) is 35.1 Å². The van der Waals surface area contributed by atoms with Crippen molar-refractivity contribution in [2.75, 3.05) is 0 Å². The molecule has 0 amide bonds. The van der Waals surface area contributed by atoms with Gasteiger partial charge in [0.1, 0.15) is 34.6 Å². The lowest BCUT2D eigenvalue weighted by Gasteiger charge is -2.13. The molecule has 0 N–H and O–H groups in total. The monoisotopic (exact) mass is 534 g/mol. The summed E-state index contributed by atoms with van der Waals surface area (Å²) in [4.78, 5) is 0. The first-order chi connectivity index (χ1) is 18.0. The Kier molecular flexibility index (Phi) is 7.90. The molecule has 4 aromatic carbocycles. The first-order valence-electron chi connectivity index (χ1n) is 11.9.